The predicted molar refractivity (Wildman–Crippen MR) is 118 cm³/mol. The van der Waals surface area contributed by atoms with Gasteiger partial charge in [-0.15, -0.1) is 0 Å². The number of urea groups is 1. The summed E-state index contributed by atoms with van der Waals surface area (Å²) in [5.41, 5.74) is 8.18. The van der Waals surface area contributed by atoms with Gasteiger partial charge in [-0.25, -0.2) is 9.78 Å². The molecular weight excluding hydrogens is 376 g/mol. The van der Waals surface area contributed by atoms with Gasteiger partial charge in [0.1, 0.15) is 5.82 Å². The van der Waals surface area contributed by atoms with Gasteiger partial charge in [0, 0.05) is 17.7 Å². The first-order valence-corrected chi connectivity index (χ1v) is 9.48. The monoisotopic (exact) mass is 396 g/mol. The van der Waals surface area contributed by atoms with Gasteiger partial charge in [-0.2, -0.15) is 0 Å². The predicted octanol–water partition coefficient (Wildman–Crippen LogP) is 4.32. The molecule has 0 aliphatic rings. The second-order valence-corrected chi connectivity index (χ2v) is 6.84. The molecule has 4 N–H and O–H groups in total. The number of benzene rings is 3. The van der Waals surface area contributed by atoms with Gasteiger partial charge in [0.15, 0.2) is 0 Å². The van der Waals surface area contributed by atoms with Crippen LogP contribution >= 0.6 is 0 Å². The van der Waals surface area contributed by atoms with E-state index in [4.69, 9.17) is 5.73 Å². The Hall–Kier alpha value is -4.19. The fourth-order valence-corrected chi connectivity index (χ4v) is 3.17. The Morgan fingerprint density at radius 1 is 0.833 bits per heavy atom. The lowest BCUT2D eigenvalue weighted by Crippen LogP contribution is -2.28. The number of amides is 3. The number of hydrogen-bond donors (Lipinski definition) is 3. The SMILES string of the molecule is NC(=O)NCc1ccc(C(=O)Nc2cccc(-c3ccc4ccccc4c3)n2)cc1. The van der Waals surface area contributed by atoms with E-state index in [-0.39, 0.29) is 5.91 Å². The molecule has 0 unspecified atom stereocenters. The molecule has 0 saturated carbocycles. The van der Waals surface area contributed by atoms with Crippen LogP contribution in [0.15, 0.2) is 84.9 Å². The number of rotatable bonds is 5. The first-order valence-electron chi connectivity index (χ1n) is 9.48. The van der Waals surface area contributed by atoms with Crippen molar-refractivity contribution in [3.05, 3.63) is 96.1 Å². The smallest absolute Gasteiger partial charge is 0.312 e. The highest BCUT2D eigenvalue weighted by molar-refractivity contribution is 6.03. The number of pyridine rings is 1. The fourth-order valence-electron chi connectivity index (χ4n) is 3.17. The Bertz CT molecular complexity index is 1220. The molecule has 6 nitrogen and oxygen atoms in total. The van der Waals surface area contributed by atoms with Gasteiger partial charge in [0.2, 0.25) is 0 Å². The van der Waals surface area contributed by atoms with E-state index in [2.05, 4.69) is 39.9 Å². The Morgan fingerprint density at radius 2 is 1.60 bits per heavy atom. The second-order valence-electron chi connectivity index (χ2n) is 6.84. The normalized spacial score (nSPS) is 10.5. The number of anilines is 1. The molecule has 1 aromatic heterocycles. The minimum atomic E-state index is -0.589. The lowest BCUT2D eigenvalue weighted by Gasteiger charge is -2.08. The summed E-state index contributed by atoms with van der Waals surface area (Å²) >= 11 is 0. The number of carbonyl (C=O) groups is 2. The van der Waals surface area contributed by atoms with Crippen molar-refractivity contribution < 1.29 is 9.59 Å². The third kappa shape index (κ3) is 4.44. The topological polar surface area (TPSA) is 97.1 Å². The van der Waals surface area contributed by atoms with E-state index in [1.54, 1.807) is 30.3 Å². The highest BCUT2D eigenvalue weighted by Gasteiger charge is 2.09. The summed E-state index contributed by atoms with van der Waals surface area (Å²) < 4.78 is 0. The molecule has 3 aromatic carbocycles. The van der Waals surface area contributed by atoms with Crippen molar-refractivity contribution in [1.29, 1.82) is 0 Å². The van der Waals surface area contributed by atoms with Gasteiger partial charge in [-0.3, -0.25) is 4.79 Å². The Morgan fingerprint density at radius 3 is 2.37 bits per heavy atom. The van der Waals surface area contributed by atoms with Crippen molar-refractivity contribution in [2.24, 2.45) is 5.73 Å². The molecule has 0 aliphatic heterocycles. The number of nitrogens with two attached hydrogens (primary N) is 1. The average Bonchev–Trinajstić information content (AvgIpc) is 2.78. The fraction of sp³-hybridized carbons (Fsp3) is 0.0417. The number of nitrogens with zero attached hydrogens (tertiary/aromatic N) is 1. The van der Waals surface area contributed by atoms with Crippen LogP contribution in [0.1, 0.15) is 15.9 Å². The van der Waals surface area contributed by atoms with Crippen LogP contribution in [0.4, 0.5) is 10.6 Å². The quantitative estimate of drug-likeness (QED) is 0.469. The van der Waals surface area contributed by atoms with Crippen LogP contribution in [0.5, 0.6) is 0 Å². The lowest BCUT2D eigenvalue weighted by atomic mass is 10.0. The van der Waals surface area contributed by atoms with Gasteiger partial charge in [-0.1, -0.05) is 54.6 Å². The third-order valence-electron chi connectivity index (χ3n) is 4.72. The third-order valence-corrected chi connectivity index (χ3v) is 4.72. The van der Waals surface area contributed by atoms with Crippen molar-refractivity contribution in [1.82, 2.24) is 10.3 Å². The zero-order valence-electron chi connectivity index (χ0n) is 16.1. The summed E-state index contributed by atoms with van der Waals surface area (Å²) in [6, 6.07) is 26.2. The van der Waals surface area contributed by atoms with Crippen LogP contribution < -0.4 is 16.4 Å². The van der Waals surface area contributed by atoms with E-state index in [0.717, 1.165) is 22.2 Å². The number of carbonyl (C=O) groups excluding carboxylic acids is 2. The summed E-state index contributed by atoms with van der Waals surface area (Å²) in [6.07, 6.45) is 0. The molecule has 30 heavy (non-hydrogen) atoms. The minimum absolute atomic E-state index is 0.257. The van der Waals surface area contributed by atoms with Crippen molar-refractivity contribution >= 4 is 28.5 Å². The molecule has 0 atom stereocenters. The Labute approximate surface area is 173 Å². The number of hydrogen-bond acceptors (Lipinski definition) is 3. The van der Waals surface area contributed by atoms with Crippen molar-refractivity contribution in [2.45, 2.75) is 6.54 Å². The zero-order valence-corrected chi connectivity index (χ0v) is 16.1. The van der Waals surface area contributed by atoms with Crippen LogP contribution in [0.2, 0.25) is 0 Å². The van der Waals surface area contributed by atoms with E-state index < -0.39 is 6.03 Å². The zero-order chi connectivity index (χ0) is 20.9. The van der Waals surface area contributed by atoms with Crippen LogP contribution in [-0.2, 0) is 6.54 Å². The molecule has 4 aromatic rings. The number of fused-ring (bicyclic) bond motifs is 1. The van der Waals surface area contributed by atoms with Crippen LogP contribution in [0.3, 0.4) is 0 Å². The molecule has 0 saturated heterocycles. The van der Waals surface area contributed by atoms with Gasteiger partial charge < -0.3 is 16.4 Å². The van der Waals surface area contributed by atoms with Crippen molar-refractivity contribution in [3.63, 3.8) is 0 Å². The van der Waals surface area contributed by atoms with Crippen LogP contribution in [-0.4, -0.2) is 16.9 Å². The van der Waals surface area contributed by atoms with Crippen molar-refractivity contribution in [3.8, 4) is 11.3 Å². The lowest BCUT2D eigenvalue weighted by molar-refractivity contribution is 0.102. The van der Waals surface area contributed by atoms with Gasteiger partial charge in [-0.05, 0) is 46.7 Å². The maximum atomic E-state index is 12.6. The maximum Gasteiger partial charge on any atom is 0.312 e. The van der Waals surface area contributed by atoms with E-state index >= 15 is 0 Å². The highest BCUT2D eigenvalue weighted by atomic mass is 16.2. The molecule has 0 bridgehead atoms. The summed E-state index contributed by atoms with van der Waals surface area (Å²) in [5.74, 6) is 0.220. The maximum absolute atomic E-state index is 12.6. The first-order chi connectivity index (χ1) is 14.6. The number of primary amides is 1. The standard InChI is InChI=1S/C24H20N4O2/c25-24(30)26-15-16-8-10-18(11-9-16)23(29)28-22-7-3-6-21(27-22)20-13-12-17-4-1-2-5-19(17)14-20/h1-14H,15H2,(H3,25,26,30)(H,27,28,29). The average molecular weight is 396 g/mol. The molecule has 148 valence electrons. The summed E-state index contributed by atoms with van der Waals surface area (Å²) in [6.45, 7) is 0.312. The molecule has 1 heterocycles. The largest absolute Gasteiger partial charge is 0.352 e. The molecule has 6 heteroatoms. The van der Waals surface area contributed by atoms with Crippen LogP contribution in [0.25, 0.3) is 22.0 Å². The summed E-state index contributed by atoms with van der Waals surface area (Å²) in [5, 5.41) is 7.65. The number of nitrogens with one attached hydrogen (secondary N) is 2. The second kappa shape index (κ2) is 8.45. The van der Waals surface area contributed by atoms with E-state index in [9.17, 15) is 9.59 Å². The molecule has 4 rings (SSSR count). The first kappa shape index (κ1) is 19.1. The van der Waals surface area contributed by atoms with Gasteiger partial charge in [0.05, 0.1) is 5.69 Å². The summed E-state index contributed by atoms with van der Waals surface area (Å²) in [7, 11) is 0. The highest BCUT2D eigenvalue weighted by Crippen LogP contribution is 2.24. The Kier molecular flexibility index (Phi) is 5.39. The molecule has 0 fully saturated rings. The van der Waals surface area contributed by atoms with Gasteiger partial charge >= 0.3 is 6.03 Å². The minimum Gasteiger partial charge on any atom is -0.352 e. The van der Waals surface area contributed by atoms with Crippen LogP contribution in [0, 0.1) is 0 Å². The number of aromatic nitrogens is 1. The Balaban J connectivity index is 1.49. The van der Waals surface area contributed by atoms with E-state index in [0.29, 0.717) is 17.9 Å². The van der Waals surface area contributed by atoms with Gasteiger partial charge in [0.25, 0.3) is 5.91 Å². The van der Waals surface area contributed by atoms with E-state index in [1.165, 1.54) is 5.39 Å². The molecular formula is C24H20N4O2. The molecule has 3 amide bonds. The molecule has 0 aliphatic carbocycles. The molecule has 0 spiro atoms. The summed E-state index contributed by atoms with van der Waals surface area (Å²) in [4.78, 5) is 27.9. The van der Waals surface area contributed by atoms with Crippen molar-refractivity contribution in [2.75, 3.05) is 5.32 Å². The van der Waals surface area contributed by atoms with E-state index in [1.807, 2.05) is 30.3 Å². The molecule has 0 radical (unpaired) electrons.